The minimum absolute atomic E-state index is 0.107. The molecule has 2 aromatic rings. The summed E-state index contributed by atoms with van der Waals surface area (Å²) in [5, 5.41) is 2.90. The lowest BCUT2D eigenvalue weighted by Gasteiger charge is -2.19. The van der Waals surface area contributed by atoms with Crippen molar-refractivity contribution in [3.8, 4) is 5.75 Å². The number of aromatic nitrogens is 1. The van der Waals surface area contributed by atoms with Gasteiger partial charge in [-0.1, -0.05) is 23.7 Å². The van der Waals surface area contributed by atoms with Gasteiger partial charge in [0.15, 0.2) is 11.8 Å². The summed E-state index contributed by atoms with van der Waals surface area (Å²) in [6.07, 6.45) is -2.86. The number of amides is 1. The number of alkyl halides is 3. The first kappa shape index (κ1) is 22.0. The van der Waals surface area contributed by atoms with Crippen molar-refractivity contribution in [3.05, 3.63) is 52.3 Å². The summed E-state index contributed by atoms with van der Waals surface area (Å²) in [4.78, 5) is 17.8. The van der Waals surface area contributed by atoms with Crippen molar-refractivity contribution in [2.24, 2.45) is 0 Å². The Bertz CT molecular complexity index is 820. The topological polar surface area (TPSA) is 54.5 Å². The standard InChI is InChI=1S/C19H21ClF3N3O2/c1-12-7-14(8-13(2)17(12)28-11-19(21,22)23)9-26(3)10-16(27)25-15-5-4-6-24-18(15)20/h4-8H,9-11H2,1-3H3,(H,25,27). The van der Waals surface area contributed by atoms with E-state index >= 15 is 0 Å². The van der Waals surface area contributed by atoms with E-state index in [1.165, 1.54) is 6.20 Å². The second-order valence-electron chi connectivity index (χ2n) is 6.52. The lowest BCUT2D eigenvalue weighted by molar-refractivity contribution is -0.153. The number of hydrogen-bond acceptors (Lipinski definition) is 4. The molecule has 9 heteroatoms. The molecule has 0 aliphatic carbocycles. The fraction of sp³-hybridized carbons (Fsp3) is 0.368. The van der Waals surface area contributed by atoms with Crippen LogP contribution in [0.4, 0.5) is 18.9 Å². The molecule has 28 heavy (non-hydrogen) atoms. The van der Waals surface area contributed by atoms with Gasteiger partial charge >= 0.3 is 6.18 Å². The van der Waals surface area contributed by atoms with E-state index in [0.717, 1.165) is 5.56 Å². The number of likely N-dealkylation sites (N-methyl/N-ethyl adjacent to an activating group) is 1. The van der Waals surface area contributed by atoms with E-state index in [0.29, 0.717) is 23.4 Å². The van der Waals surface area contributed by atoms with Crippen LogP contribution >= 0.6 is 11.6 Å². The first-order chi connectivity index (χ1) is 13.0. The number of carbonyl (C=O) groups is 1. The molecular formula is C19H21ClF3N3O2. The van der Waals surface area contributed by atoms with E-state index in [2.05, 4.69) is 10.3 Å². The minimum atomic E-state index is -4.39. The molecule has 0 fully saturated rings. The predicted molar refractivity (Wildman–Crippen MR) is 102 cm³/mol. The molecule has 1 aromatic carbocycles. The molecule has 0 aliphatic rings. The van der Waals surface area contributed by atoms with Gasteiger partial charge in [0.1, 0.15) is 5.75 Å². The average molecular weight is 416 g/mol. The van der Waals surface area contributed by atoms with Gasteiger partial charge in [0.2, 0.25) is 5.91 Å². The molecule has 1 heterocycles. The van der Waals surface area contributed by atoms with Crippen LogP contribution in [0.2, 0.25) is 5.15 Å². The lowest BCUT2D eigenvalue weighted by Crippen LogP contribution is -2.30. The van der Waals surface area contributed by atoms with Crippen molar-refractivity contribution in [2.45, 2.75) is 26.6 Å². The zero-order valence-electron chi connectivity index (χ0n) is 15.7. The van der Waals surface area contributed by atoms with E-state index in [1.807, 2.05) is 0 Å². The summed E-state index contributed by atoms with van der Waals surface area (Å²) in [7, 11) is 1.77. The molecule has 1 N–H and O–H groups in total. The molecule has 0 saturated carbocycles. The monoisotopic (exact) mass is 415 g/mol. The molecule has 2 rings (SSSR count). The van der Waals surface area contributed by atoms with Crippen molar-refractivity contribution in [3.63, 3.8) is 0 Å². The molecule has 0 radical (unpaired) electrons. The Morgan fingerprint density at radius 3 is 2.50 bits per heavy atom. The van der Waals surface area contributed by atoms with Gasteiger partial charge in [-0.15, -0.1) is 0 Å². The Morgan fingerprint density at radius 1 is 1.29 bits per heavy atom. The van der Waals surface area contributed by atoms with Gasteiger partial charge in [-0.3, -0.25) is 9.69 Å². The van der Waals surface area contributed by atoms with Gasteiger partial charge in [-0.05, 0) is 49.7 Å². The Kier molecular flexibility index (Phi) is 7.26. The van der Waals surface area contributed by atoms with Crippen LogP contribution in [0.15, 0.2) is 30.5 Å². The summed E-state index contributed by atoms with van der Waals surface area (Å²) in [6.45, 7) is 2.61. The highest BCUT2D eigenvalue weighted by molar-refractivity contribution is 6.32. The number of anilines is 1. The summed E-state index contributed by atoms with van der Waals surface area (Å²) in [5.74, 6) is -0.0244. The Morgan fingerprint density at radius 2 is 1.93 bits per heavy atom. The number of ether oxygens (including phenoxy) is 1. The zero-order valence-corrected chi connectivity index (χ0v) is 16.5. The molecule has 0 bridgehead atoms. The largest absolute Gasteiger partial charge is 0.484 e. The fourth-order valence-electron chi connectivity index (χ4n) is 2.79. The van der Waals surface area contributed by atoms with E-state index in [4.69, 9.17) is 16.3 Å². The molecule has 152 valence electrons. The highest BCUT2D eigenvalue weighted by atomic mass is 35.5. The maximum Gasteiger partial charge on any atom is 0.422 e. The van der Waals surface area contributed by atoms with Gasteiger partial charge in [-0.25, -0.2) is 4.98 Å². The van der Waals surface area contributed by atoms with Crippen molar-refractivity contribution in [2.75, 3.05) is 25.5 Å². The van der Waals surface area contributed by atoms with E-state index in [9.17, 15) is 18.0 Å². The van der Waals surface area contributed by atoms with Crippen molar-refractivity contribution in [1.29, 1.82) is 0 Å². The lowest BCUT2D eigenvalue weighted by atomic mass is 10.1. The number of nitrogens with zero attached hydrogens (tertiary/aromatic N) is 2. The highest BCUT2D eigenvalue weighted by Gasteiger charge is 2.29. The molecule has 0 atom stereocenters. The zero-order chi connectivity index (χ0) is 20.9. The van der Waals surface area contributed by atoms with E-state index in [-0.39, 0.29) is 23.4 Å². The molecule has 1 amide bonds. The van der Waals surface area contributed by atoms with Crippen LogP contribution in [0.3, 0.4) is 0 Å². The van der Waals surface area contributed by atoms with E-state index < -0.39 is 12.8 Å². The SMILES string of the molecule is Cc1cc(CN(C)CC(=O)Nc2cccnc2Cl)cc(C)c1OCC(F)(F)F. The van der Waals surface area contributed by atoms with Gasteiger partial charge in [0.05, 0.1) is 12.2 Å². The maximum atomic E-state index is 12.4. The number of nitrogens with one attached hydrogen (secondary N) is 1. The molecule has 0 saturated heterocycles. The smallest absolute Gasteiger partial charge is 0.422 e. The third-order valence-electron chi connectivity index (χ3n) is 3.80. The van der Waals surface area contributed by atoms with Crippen LogP contribution in [0.1, 0.15) is 16.7 Å². The second kappa shape index (κ2) is 9.25. The molecule has 0 spiro atoms. The first-order valence-electron chi connectivity index (χ1n) is 8.44. The summed E-state index contributed by atoms with van der Waals surface area (Å²) >= 11 is 5.92. The first-order valence-corrected chi connectivity index (χ1v) is 8.81. The summed E-state index contributed by atoms with van der Waals surface area (Å²) in [5.41, 5.74) is 2.52. The Balaban J connectivity index is 1.97. The fourth-order valence-corrected chi connectivity index (χ4v) is 2.96. The van der Waals surface area contributed by atoms with Crippen LogP contribution in [0, 0.1) is 13.8 Å². The van der Waals surface area contributed by atoms with Gasteiger partial charge in [0, 0.05) is 12.7 Å². The molecular weight excluding hydrogens is 395 g/mol. The predicted octanol–water partition coefficient (Wildman–Crippen LogP) is 4.36. The third kappa shape index (κ3) is 6.69. The highest BCUT2D eigenvalue weighted by Crippen LogP contribution is 2.27. The number of benzene rings is 1. The van der Waals surface area contributed by atoms with E-state index in [1.54, 1.807) is 50.1 Å². The normalized spacial score (nSPS) is 11.6. The molecule has 0 aliphatic heterocycles. The van der Waals surface area contributed by atoms with Crippen molar-refractivity contribution in [1.82, 2.24) is 9.88 Å². The van der Waals surface area contributed by atoms with Crippen LogP contribution in [-0.4, -0.2) is 42.2 Å². The van der Waals surface area contributed by atoms with Crippen LogP contribution in [-0.2, 0) is 11.3 Å². The van der Waals surface area contributed by atoms with Gasteiger partial charge < -0.3 is 10.1 Å². The Labute approximate surface area is 166 Å². The number of carbonyl (C=O) groups excluding carboxylic acids is 1. The summed E-state index contributed by atoms with van der Waals surface area (Å²) in [6, 6.07) is 6.83. The third-order valence-corrected chi connectivity index (χ3v) is 4.10. The average Bonchev–Trinajstić information content (AvgIpc) is 2.55. The molecule has 5 nitrogen and oxygen atoms in total. The maximum absolute atomic E-state index is 12.4. The molecule has 0 unspecified atom stereocenters. The summed E-state index contributed by atoms with van der Waals surface area (Å²) < 4.78 is 42.0. The van der Waals surface area contributed by atoms with Crippen molar-refractivity contribution < 1.29 is 22.7 Å². The Hall–Kier alpha value is -2.32. The minimum Gasteiger partial charge on any atom is -0.484 e. The number of hydrogen-bond donors (Lipinski definition) is 1. The number of halogens is 4. The van der Waals surface area contributed by atoms with Crippen molar-refractivity contribution >= 4 is 23.2 Å². The van der Waals surface area contributed by atoms with Gasteiger partial charge in [0.25, 0.3) is 0 Å². The number of pyridine rings is 1. The van der Waals surface area contributed by atoms with Crippen LogP contribution < -0.4 is 10.1 Å². The molecule has 1 aromatic heterocycles. The second-order valence-corrected chi connectivity index (χ2v) is 6.88. The van der Waals surface area contributed by atoms with Gasteiger partial charge in [-0.2, -0.15) is 13.2 Å². The van der Waals surface area contributed by atoms with Crippen LogP contribution in [0.5, 0.6) is 5.75 Å². The van der Waals surface area contributed by atoms with Crippen LogP contribution in [0.25, 0.3) is 0 Å². The number of rotatable bonds is 7. The number of aryl methyl sites for hydroxylation is 2. The quantitative estimate of drug-likeness (QED) is 0.682.